The van der Waals surface area contributed by atoms with E-state index in [2.05, 4.69) is 184 Å². The van der Waals surface area contributed by atoms with Gasteiger partial charge in [-0.25, -0.2) is 0 Å². The molecule has 1 nitrogen and oxygen atoms in total. The van der Waals surface area contributed by atoms with Gasteiger partial charge in [0.2, 0.25) is 0 Å². The van der Waals surface area contributed by atoms with Crippen LogP contribution in [-0.2, 0) is 10.8 Å². The van der Waals surface area contributed by atoms with Gasteiger partial charge in [0.05, 0.1) is 11.4 Å². The van der Waals surface area contributed by atoms with E-state index in [-0.39, 0.29) is 10.8 Å². The van der Waals surface area contributed by atoms with Crippen molar-refractivity contribution in [2.45, 2.75) is 38.5 Å². The van der Waals surface area contributed by atoms with Gasteiger partial charge in [0.1, 0.15) is 0 Å². The van der Waals surface area contributed by atoms with E-state index in [0.717, 1.165) is 0 Å². The van der Waals surface area contributed by atoms with Crippen LogP contribution in [0.2, 0.25) is 0 Å². The summed E-state index contributed by atoms with van der Waals surface area (Å²) in [4.78, 5) is 2.50. The number of rotatable bonds is 2. The van der Waals surface area contributed by atoms with E-state index in [1.807, 2.05) is 0 Å². The van der Waals surface area contributed by atoms with Gasteiger partial charge < -0.3 is 4.90 Å². The summed E-state index contributed by atoms with van der Waals surface area (Å²) in [5.74, 6) is 0. The summed E-state index contributed by atoms with van der Waals surface area (Å²) in [6.45, 7) is 9.71. The van der Waals surface area contributed by atoms with E-state index >= 15 is 0 Å². The van der Waals surface area contributed by atoms with Crippen LogP contribution in [0.4, 0.5) is 17.1 Å². The fourth-order valence-electron chi connectivity index (χ4n) is 9.30. The molecule has 0 unspecified atom stereocenters. The predicted molar refractivity (Wildman–Crippen MR) is 209 cm³/mol. The van der Waals surface area contributed by atoms with Gasteiger partial charge in [0.25, 0.3) is 0 Å². The van der Waals surface area contributed by atoms with Crippen molar-refractivity contribution >= 4 is 49.4 Å². The predicted octanol–water partition coefficient (Wildman–Crippen LogP) is 13.2. The Morgan fingerprint density at radius 2 is 0.898 bits per heavy atom. The first kappa shape index (κ1) is 28.4. The molecule has 10 rings (SSSR count). The van der Waals surface area contributed by atoms with Crippen molar-refractivity contribution in [3.63, 3.8) is 0 Å². The minimum absolute atomic E-state index is 0.117. The Labute approximate surface area is 288 Å². The van der Waals surface area contributed by atoms with Crippen LogP contribution in [0.3, 0.4) is 0 Å². The van der Waals surface area contributed by atoms with Crippen LogP contribution >= 0.6 is 0 Å². The summed E-state index contributed by atoms with van der Waals surface area (Å²) in [6, 6.07) is 56.6. The number of benzene rings is 8. The molecule has 1 heterocycles. The first-order valence-electron chi connectivity index (χ1n) is 17.5. The van der Waals surface area contributed by atoms with Gasteiger partial charge in [-0.1, -0.05) is 143 Å². The van der Waals surface area contributed by atoms with Gasteiger partial charge in [0, 0.05) is 16.5 Å². The average Bonchev–Trinajstić information content (AvgIpc) is 3.38. The maximum Gasteiger partial charge on any atom is 0.0506 e. The second-order valence-corrected chi connectivity index (χ2v) is 14.9. The van der Waals surface area contributed by atoms with Crippen molar-refractivity contribution in [1.29, 1.82) is 0 Å². The van der Waals surface area contributed by atoms with Gasteiger partial charge in [-0.2, -0.15) is 0 Å². The van der Waals surface area contributed by atoms with Crippen LogP contribution in [0.15, 0.2) is 152 Å². The molecule has 0 saturated carbocycles. The van der Waals surface area contributed by atoms with E-state index in [9.17, 15) is 0 Å². The van der Waals surface area contributed by atoms with Crippen LogP contribution in [0.25, 0.3) is 54.6 Å². The number of hydrogen-bond acceptors (Lipinski definition) is 1. The average molecular weight is 628 g/mol. The third kappa shape index (κ3) is 3.82. The van der Waals surface area contributed by atoms with E-state index in [4.69, 9.17) is 0 Å². The van der Waals surface area contributed by atoms with Gasteiger partial charge in [0.15, 0.2) is 0 Å². The lowest BCUT2D eigenvalue weighted by molar-refractivity contribution is 0.584. The molecule has 0 fully saturated rings. The Morgan fingerprint density at radius 1 is 0.367 bits per heavy atom. The number of para-hydroxylation sites is 1. The van der Waals surface area contributed by atoms with Gasteiger partial charge >= 0.3 is 0 Å². The number of nitrogens with zero attached hydrogens (tertiary/aromatic N) is 1. The summed E-state index contributed by atoms with van der Waals surface area (Å²) >= 11 is 0. The molecule has 0 radical (unpaired) electrons. The molecule has 2 aliphatic rings. The van der Waals surface area contributed by atoms with Crippen molar-refractivity contribution in [1.82, 2.24) is 0 Å². The first-order valence-corrected chi connectivity index (χ1v) is 17.5. The van der Waals surface area contributed by atoms with Crippen LogP contribution in [0.1, 0.15) is 49.9 Å². The topological polar surface area (TPSA) is 3.24 Å². The largest absolute Gasteiger partial charge is 0.310 e. The molecule has 0 bridgehead atoms. The zero-order valence-electron chi connectivity index (χ0n) is 28.4. The Kier molecular flexibility index (Phi) is 5.75. The summed E-state index contributed by atoms with van der Waals surface area (Å²) in [5, 5.41) is 7.84. The minimum atomic E-state index is -0.240. The molecule has 49 heavy (non-hydrogen) atoms. The lowest BCUT2D eigenvalue weighted by atomic mass is 9.67. The molecule has 234 valence electrons. The van der Waals surface area contributed by atoms with E-state index < -0.39 is 0 Å². The van der Waals surface area contributed by atoms with Gasteiger partial charge in [-0.3, -0.25) is 0 Å². The fourth-order valence-corrected chi connectivity index (χ4v) is 9.30. The summed E-state index contributed by atoms with van der Waals surface area (Å²) in [5.41, 5.74) is 14.2. The molecule has 1 aliphatic carbocycles. The third-order valence-electron chi connectivity index (χ3n) is 11.6. The number of hydrogen-bond donors (Lipinski definition) is 0. The van der Waals surface area contributed by atoms with Crippen LogP contribution in [-0.4, -0.2) is 0 Å². The first-order chi connectivity index (χ1) is 23.8. The maximum atomic E-state index is 2.50. The van der Waals surface area contributed by atoms with E-state index in [1.165, 1.54) is 93.9 Å². The molecule has 0 spiro atoms. The lowest BCUT2D eigenvalue weighted by Crippen LogP contribution is -2.34. The molecule has 1 heteroatoms. The van der Waals surface area contributed by atoms with Crippen LogP contribution in [0.5, 0.6) is 0 Å². The molecule has 8 aromatic rings. The molecular weight excluding hydrogens is 591 g/mol. The van der Waals surface area contributed by atoms with Gasteiger partial charge in [-0.05, 0) is 113 Å². The normalized spacial score (nSPS) is 15.2. The van der Waals surface area contributed by atoms with Crippen molar-refractivity contribution < 1.29 is 0 Å². The smallest absolute Gasteiger partial charge is 0.0506 e. The second-order valence-electron chi connectivity index (χ2n) is 14.9. The van der Waals surface area contributed by atoms with E-state index in [1.54, 1.807) is 0 Å². The van der Waals surface area contributed by atoms with Gasteiger partial charge in [-0.15, -0.1) is 0 Å². The molecule has 0 aromatic heterocycles. The Bertz CT molecular complexity index is 2620. The second kappa shape index (κ2) is 9.94. The monoisotopic (exact) mass is 627 g/mol. The summed E-state index contributed by atoms with van der Waals surface area (Å²) < 4.78 is 0. The van der Waals surface area contributed by atoms with Crippen LogP contribution < -0.4 is 4.90 Å². The number of fused-ring (bicyclic) bond motifs is 12. The Morgan fingerprint density at radius 3 is 1.61 bits per heavy atom. The zero-order valence-corrected chi connectivity index (χ0v) is 28.4. The molecule has 0 saturated heterocycles. The Balaban J connectivity index is 1.23. The maximum absolute atomic E-state index is 2.50. The quantitative estimate of drug-likeness (QED) is 0.172. The highest BCUT2D eigenvalue weighted by atomic mass is 15.2. The SMILES string of the molecule is CC1(C)c2ccccc2-c2ccc3c(c21)C(C)(C)c1cc(-c2ccc4c5ccccc5c5ccccc5c4c2)ccc1N3c1ccccc1. The highest BCUT2D eigenvalue weighted by molar-refractivity contribution is 6.25. The molecule has 0 amide bonds. The van der Waals surface area contributed by atoms with Crippen molar-refractivity contribution in [2.75, 3.05) is 4.90 Å². The molecule has 1 aliphatic heterocycles. The minimum Gasteiger partial charge on any atom is -0.310 e. The summed E-state index contributed by atoms with van der Waals surface area (Å²) in [7, 11) is 0. The number of anilines is 3. The molecule has 0 N–H and O–H groups in total. The standard InChI is InChI=1S/C48H37N/c1-47(2)41-21-13-12-20-38(41)39-25-27-44-46(45(39)47)48(3,4)42-29-31(23-26-43(42)49(44)32-14-6-5-7-15-32)30-22-24-37-35-18-9-8-16-33(35)34-17-10-11-19-36(34)40(37)28-30/h5-29H,1-4H3. The fraction of sp³-hybridized carbons (Fsp3) is 0.125. The molecule has 0 atom stereocenters. The zero-order chi connectivity index (χ0) is 33.1. The molecular formula is C48H37N. The van der Waals surface area contributed by atoms with Crippen molar-refractivity contribution in [2.24, 2.45) is 0 Å². The Hall–Kier alpha value is -5.66. The van der Waals surface area contributed by atoms with Crippen molar-refractivity contribution in [3.8, 4) is 22.3 Å². The van der Waals surface area contributed by atoms with E-state index in [0.29, 0.717) is 0 Å². The van der Waals surface area contributed by atoms with Crippen molar-refractivity contribution in [3.05, 3.63) is 174 Å². The highest BCUT2D eigenvalue weighted by Gasteiger charge is 2.46. The third-order valence-corrected chi connectivity index (χ3v) is 11.6. The lowest BCUT2D eigenvalue weighted by Gasteiger charge is -2.45. The molecule has 8 aromatic carbocycles. The van der Waals surface area contributed by atoms with Crippen LogP contribution in [0, 0.1) is 0 Å². The summed E-state index contributed by atoms with van der Waals surface area (Å²) in [6.07, 6.45) is 0. The highest BCUT2D eigenvalue weighted by Crippen LogP contribution is 2.60.